The third kappa shape index (κ3) is 3.14. The molecule has 7 nitrogen and oxygen atoms in total. The highest BCUT2D eigenvalue weighted by Gasteiger charge is 2.10. The zero-order valence-corrected chi connectivity index (χ0v) is 11.6. The summed E-state index contributed by atoms with van der Waals surface area (Å²) in [6, 6.07) is 11.6. The van der Waals surface area contributed by atoms with Gasteiger partial charge in [-0.15, -0.1) is 0 Å². The number of hydrogen-bond donors (Lipinski definition) is 1. The number of hydrogen-bond acceptors (Lipinski definition) is 6. The second-order valence-electron chi connectivity index (χ2n) is 4.58. The van der Waals surface area contributed by atoms with Crippen molar-refractivity contribution < 1.29 is 14.4 Å². The lowest BCUT2D eigenvalue weighted by atomic mass is 10.2. The summed E-state index contributed by atoms with van der Waals surface area (Å²) < 4.78 is 10.9. The van der Waals surface area contributed by atoms with Gasteiger partial charge in [-0.3, -0.25) is 15.5 Å². The summed E-state index contributed by atoms with van der Waals surface area (Å²) >= 11 is 0. The Morgan fingerprint density at radius 3 is 2.55 bits per heavy atom. The molecule has 0 spiro atoms. The molecule has 0 radical (unpaired) electrons. The van der Waals surface area contributed by atoms with Crippen molar-refractivity contribution in [3.8, 4) is 11.5 Å². The minimum atomic E-state index is -0.442. The Morgan fingerprint density at radius 2 is 1.82 bits per heavy atom. The zero-order chi connectivity index (χ0) is 15.4. The van der Waals surface area contributed by atoms with Crippen LogP contribution >= 0.6 is 0 Å². The summed E-state index contributed by atoms with van der Waals surface area (Å²) in [7, 11) is 0. The molecule has 1 N–H and O–H groups in total. The van der Waals surface area contributed by atoms with Crippen molar-refractivity contribution in [2.24, 2.45) is 5.10 Å². The lowest BCUT2D eigenvalue weighted by molar-refractivity contribution is -0.384. The average Bonchev–Trinajstić information content (AvgIpc) is 2.55. The molecule has 0 bridgehead atoms. The highest BCUT2D eigenvalue weighted by atomic mass is 16.6. The molecule has 0 atom stereocenters. The Balaban J connectivity index is 1.65. The van der Waals surface area contributed by atoms with Crippen LogP contribution in [0.2, 0.25) is 0 Å². The highest BCUT2D eigenvalue weighted by molar-refractivity contribution is 5.81. The van der Waals surface area contributed by atoms with E-state index in [0.29, 0.717) is 24.7 Å². The number of fused-ring (bicyclic) bond motifs is 1. The number of nitrogens with one attached hydrogen (secondary N) is 1. The number of benzene rings is 2. The standard InChI is InChI=1S/C15H13N3O4/c19-18(20)13-4-2-12(3-5-13)17-16-10-11-1-6-14-15(9-11)22-8-7-21-14/h1-6,9-10,17H,7-8H2. The number of ether oxygens (including phenoxy) is 2. The molecule has 1 aliphatic heterocycles. The van der Waals surface area contributed by atoms with Crippen LogP contribution in [-0.2, 0) is 0 Å². The highest BCUT2D eigenvalue weighted by Crippen LogP contribution is 2.30. The largest absolute Gasteiger partial charge is 0.486 e. The molecule has 0 saturated heterocycles. The summed E-state index contributed by atoms with van der Waals surface area (Å²) in [6.07, 6.45) is 1.64. The van der Waals surface area contributed by atoms with Gasteiger partial charge in [-0.05, 0) is 35.9 Å². The Hall–Kier alpha value is -3.09. The number of nitrogens with zero attached hydrogens (tertiary/aromatic N) is 2. The van der Waals surface area contributed by atoms with Crippen LogP contribution in [0.25, 0.3) is 0 Å². The van der Waals surface area contributed by atoms with E-state index in [-0.39, 0.29) is 5.69 Å². The van der Waals surface area contributed by atoms with Crippen molar-refractivity contribution in [2.75, 3.05) is 18.6 Å². The SMILES string of the molecule is O=[N+]([O-])c1ccc(NN=Cc2ccc3c(c2)OCCO3)cc1. The lowest BCUT2D eigenvalue weighted by Crippen LogP contribution is -2.15. The van der Waals surface area contributed by atoms with E-state index in [1.54, 1.807) is 18.3 Å². The minimum Gasteiger partial charge on any atom is -0.486 e. The first-order valence-electron chi connectivity index (χ1n) is 6.65. The van der Waals surface area contributed by atoms with Crippen LogP contribution in [-0.4, -0.2) is 24.4 Å². The van der Waals surface area contributed by atoms with E-state index in [4.69, 9.17) is 9.47 Å². The predicted octanol–water partition coefficient (Wildman–Crippen LogP) is 2.81. The lowest BCUT2D eigenvalue weighted by Gasteiger charge is -2.18. The van der Waals surface area contributed by atoms with E-state index in [2.05, 4.69) is 10.5 Å². The third-order valence-corrected chi connectivity index (χ3v) is 3.05. The van der Waals surface area contributed by atoms with E-state index >= 15 is 0 Å². The first kappa shape index (κ1) is 13.9. The van der Waals surface area contributed by atoms with Crippen LogP contribution < -0.4 is 14.9 Å². The van der Waals surface area contributed by atoms with E-state index in [9.17, 15) is 10.1 Å². The normalized spacial score (nSPS) is 13.1. The Labute approximate surface area is 126 Å². The van der Waals surface area contributed by atoms with Gasteiger partial charge in [-0.1, -0.05) is 0 Å². The molecule has 3 rings (SSSR count). The van der Waals surface area contributed by atoms with Crippen LogP contribution in [0.3, 0.4) is 0 Å². The molecule has 22 heavy (non-hydrogen) atoms. The zero-order valence-electron chi connectivity index (χ0n) is 11.6. The number of nitro benzene ring substituents is 1. The molecule has 1 heterocycles. The van der Waals surface area contributed by atoms with Crippen molar-refractivity contribution >= 4 is 17.6 Å². The summed E-state index contributed by atoms with van der Waals surface area (Å²) in [5, 5.41) is 14.7. The number of rotatable bonds is 4. The molecule has 0 aromatic heterocycles. The molecule has 1 aliphatic rings. The van der Waals surface area contributed by atoms with Gasteiger partial charge in [0, 0.05) is 12.1 Å². The molecule has 0 aliphatic carbocycles. The summed E-state index contributed by atoms with van der Waals surface area (Å²) in [4.78, 5) is 10.1. The van der Waals surface area contributed by atoms with Crippen molar-refractivity contribution in [2.45, 2.75) is 0 Å². The van der Waals surface area contributed by atoms with Gasteiger partial charge in [0.2, 0.25) is 0 Å². The van der Waals surface area contributed by atoms with Gasteiger partial charge >= 0.3 is 0 Å². The second kappa shape index (κ2) is 6.13. The van der Waals surface area contributed by atoms with Crippen LogP contribution in [0.15, 0.2) is 47.6 Å². The first-order valence-corrected chi connectivity index (χ1v) is 6.65. The van der Waals surface area contributed by atoms with Crippen molar-refractivity contribution in [3.63, 3.8) is 0 Å². The minimum absolute atomic E-state index is 0.0429. The topological polar surface area (TPSA) is 86.0 Å². The first-order chi connectivity index (χ1) is 10.7. The smallest absolute Gasteiger partial charge is 0.269 e. The maximum Gasteiger partial charge on any atom is 0.269 e. The fourth-order valence-corrected chi connectivity index (χ4v) is 1.98. The quantitative estimate of drug-likeness (QED) is 0.533. The van der Waals surface area contributed by atoms with E-state index in [1.165, 1.54) is 12.1 Å². The van der Waals surface area contributed by atoms with Crippen LogP contribution in [0.5, 0.6) is 11.5 Å². The molecule has 2 aromatic rings. The van der Waals surface area contributed by atoms with Gasteiger partial charge in [0.1, 0.15) is 13.2 Å². The van der Waals surface area contributed by atoms with Gasteiger partial charge in [0.25, 0.3) is 5.69 Å². The van der Waals surface area contributed by atoms with Gasteiger partial charge in [-0.2, -0.15) is 5.10 Å². The number of non-ortho nitro benzene ring substituents is 1. The van der Waals surface area contributed by atoms with E-state index in [0.717, 1.165) is 11.3 Å². The van der Waals surface area contributed by atoms with Crippen molar-refractivity contribution in [1.82, 2.24) is 0 Å². The molecular formula is C15H13N3O4. The summed E-state index contributed by atoms with van der Waals surface area (Å²) in [5.74, 6) is 1.43. The summed E-state index contributed by atoms with van der Waals surface area (Å²) in [6.45, 7) is 1.09. The third-order valence-electron chi connectivity index (χ3n) is 3.05. The fourth-order valence-electron chi connectivity index (χ4n) is 1.98. The Kier molecular flexibility index (Phi) is 3.86. The number of hydrazone groups is 1. The van der Waals surface area contributed by atoms with Crippen LogP contribution in [0, 0.1) is 10.1 Å². The molecule has 0 unspecified atom stereocenters. The van der Waals surface area contributed by atoms with Gasteiger partial charge in [0.15, 0.2) is 11.5 Å². The monoisotopic (exact) mass is 299 g/mol. The predicted molar refractivity (Wildman–Crippen MR) is 81.7 cm³/mol. The molecule has 0 fully saturated rings. The van der Waals surface area contributed by atoms with E-state index < -0.39 is 4.92 Å². The van der Waals surface area contributed by atoms with E-state index in [1.807, 2.05) is 18.2 Å². The fraction of sp³-hybridized carbons (Fsp3) is 0.133. The van der Waals surface area contributed by atoms with Gasteiger partial charge < -0.3 is 9.47 Å². The maximum atomic E-state index is 10.6. The van der Waals surface area contributed by atoms with Crippen LogP contribution in [0.1, 0.15) is 5.56 Å². The average molecular weight is 299 g/mol. The molecule has 0 saturated carbocycles. The molecule has 2 aromatic carbocycles. The van der Waals surface area contributed by atoms with Crippen LogP contribution in [0.4, 0.5) is 11.4 Å². The molecule has 0 amide bonds. The Bertz CT molecular complexity index is 713. The molecule has 7 heteroatoms. The number of anilines is 1. The van der Waals surface area contributed by atoms with Crippen molar-refractivity contribution in [1.29, 1.82) is 0 Å². The van der Waals surface area contributed by atoms with Gasteiger partial charge in [-0.25, -0.2) is 0 Å². The second-order valence-corrected chi connectivity index (χ2v) is 4.58. The van der Waals surface area contributed by atoms with Gasteiger partial charge in [0.05, 0.1) is 16.8 Å². The molecular weight excluding hydrogens is 286 g/mol. The van der Waals surface area contributed by atoms with Crippen molar-refractivity contribution in [3.05, 3.63) is 58.1 Å². The molecule has 112 valence electrons. The number of nitro groups is 1. The summed E-state index contributed by atoms with van der Waals surface area (Å²) in [5.41, 5.74) is 4.38. The maximum absolute atomic E-state index is 10.6. The Morgan fingerprint density at radius 1 is 1.09 bits per heavy atom.